The SMILES string of the molecule is CCCCn1nc(C(=O)NC2CCCC(C)C2C)c2ccccc2c1=O. The van der Waals surface area contributed by atoms with Crippen molar-refractivity contribution in [2.75, 3.05) is 0 Å². The molecule has 1 aliphatic carbocycles. The van der Waals surface area contributed by atoms with Gasteiger partial charge in [0.25, 0.3) is 11.5 Å². The quantitative estimate of drug-likeness (QED) is 0.888. The number of carbonyl (C=O) groups is 1. The molecular weight excluding hydrogens is 326 g/mol. The van der Waals surface area contributed by atoms with Gasteiger partial charge in [-0.1, -0.05) is 58.2 Å². The van der Waals surface area contributed by atoms with Crippen molar-refractivity contribution in [3.05, 3.63) is 40.3 Å². The van der Waals surface area contributed by atoms with E-state index in [2.05, 4.69) is 31.2 Å². The second-order valence-corrected chi connectivity index (χ2v) is 7.62. The van der Waals surface area contributed by atoms with E-state index in [9.17, 15) is 9.59 Å². The molecule has 1 N–H and O–H groups in total. The summed E-state index contributed by atoms with van der Waals surface area (Å²) in [4.78, 5) is 25.7. The van der Waals surface area contributed by atoms with Crippen LogP contribution in [-0.2, 0) is 6.54 Å². The Morgan fingerprint density at radius 2 is 1.96 bits per heavy atom. The van der Waals surface area contributed by atoms with Crippen LogP contribution in [0, 0.1) is 11.8 Å². The van der Waals surface area contributed by atoms with E-state index >= 15 is 0 Å². The van der Waals surface area contributed by atoms with Gasteiger partial charge < -0.3 is 5.32 Å². The zero-order valence-corrected chi connectivity index (χ0v) is 16.0. The van der Waals surface area contributed by atoms with Gasteiger partial charge in [-0.3, -0.25) is 9.59 Å². The average molecular weight is 355 g/mol. The average Bonchev–Trinajstić information content (AvgIpc) is 2.65. The van der Waals surface area contributed by atoms with Crippen molar-refractivity contribution in [3.8, 4) is 0 Å². The predicted octanol–water partition coefficient (Wildman–Crippen LogP) is 3.75. The number of hydrogen-bond acceptors (Lipinski definition) is 3. The molecule has 1 saturated carbocycles. The van der Waals surface area contributed by atoms with Crippen LogP contribution in [0.3, 0.4) is 0 Å². The fraction of sp³-hybridized carbons (Fsp3) is 0.571. The van der Waals surface area contributed by atoms with Gasteiger partial charge in [-0.05, 0) is 30.7 Å². The van der Waals surface area contributed by atoms with Crippen LogP contribution in [-0.4, -0.2) is 21.7 Å². The van der Waals surface area contributed by atoms with Crippen LogP contribution in [0.4, 0.5) is 0 Å². The molecule has 0 radical (unpaired) electrons. The highest BCUT2D eigenvalue weighted by atomic mass is 16.2. The molecule has 3 rings (SSSR count). The molecule has 1 aromatic heterocycles. The molecule has 1 aliphatic rings. The minimum atomic E-state index is -0.169. The number of aromatic nitrogens is 2. The van der Waals surface area contributed by atoms with Crippen molar-refractivity contribution in [2.45, 2.75) is 65.5 Å². The topological polar surface area (TPSA) is 64.0 Å². The summed E-state index contributed by atoms with van der Waals surface area (Å²) in [6, 6.07) is 7.45. The van der Waals surface area contributed by atoms with Gasteiger partial charge in [0.2, 0.25) is 0 Å². The molecule has 2 aromatic rings. The lowest BCUT2D eigenvalue weighted by molar-refractivity contribution is 0.0885. The lowest BCUT2D eigenvalue weighted by atomic mass is 9.78. The molecular formula is C21H29N3O2. The highest BCUT2D eigenvalue weighted by Crippen LogP contribution is 2.29. The third-order valence-corrected chi connectivity index (χ3v) is 5.83. The van der Waals surface area contributed by atoms with Crippen molar-refractivity contribution in [1.82, 2.24) is 15.1 Å². The van der Waals surface area contributed by atoms with Crippen LogP contribution >= 0.6 is 0 Å². The Morgan fingerprint density at radius 1 is 1.23 bits per heavy atom. The van der Waals surface area contributed by atoms with Crippen LogP contribution in [0.1, 0.15) is 63.4 Å². The smallest absolute Gasteiger partial charge is 0.274 e. The van der Waals surface area contributed by atoms with Crippen molar-refractivity contribution >= 4 is 16.7 Å². The number of unbranched alkanes of at least 4 members (excludes halogenated alkanes) is 1. The first kappa shape index (κ1) is 18.6. The lowest BCUT2D eigenvalue weighted by Gasteiger charge is -2.34. The third kappa shape index (κ3) is 3.67. The molecule has 5 heteroatoms. The first-order chi connectivity index (χ1) is 12.5. The van der Waals surface area contributed by atoms with E-state index in [4.69, 9.17) is 0 Å². The zero-order chi connectivity index (χ0) is 18.7. The largest absolute Gasteiger partial charge is 0.348 e. The number of amides is 1. The van der Waals surface area contributed by atoms with Gasteiger partial charge in [-0.2, -0.15) is 5.10 Å². The van der Waals surface area contributed by atoms with Crippen LogP contribution in [0.5, 0.6) is 0 Å². The summed E-state index contributed by atoms with van der Waals surface area (Å²) in [5, 5.41) is 8.83. The molecule has 1 amide bonds. The van der Waals surface area contributed by atoms with Gasteiger partial charge in [-0.25, -0.2) is 4.68 Å². The summed E-state index contributed by atoms with van der Waals surface area (Å²) >= 11 is 0. The van der Waals surface area contributed by atoms with Gasteiger partial charge in [0.1, 0.15) is 0 Å². The van der Waals surface area contributed by atoms with Gasteiger partial charge >= 0.3 is 0 Å². The summed E-state index contributed by atoms with van der Waals surface area (Å²) in [6.07, 6.45) is 5.20. The first-order valence-corrected chi connectivity index (χ1v) is 9.83. The molecule has 5 nitrogen and oxygen atoms in total. The van der Waals surface area contributed by atoms with Crippen LogP contribution in [0.15, 0.2) is 29.1 Å². The fourth-order valence-electron chi connectivity index (χ4n) is 3.88. The van der Waals surface area contributed by atoms with E-state index in [1.807, 2.05) is 18.2 Å². The van der Waals surface area contributed by atoms with Crippen LogP contribution < -0.4 is 10.9 Å². The van der Waals surface area contributed by atoms with Crippen molar-refractivity contribution in [2.24, 2.45) is 11.8 Å². The molecule has 0 bridgehead atoms. The van der Waals surface area contributed by atoms with Crippen molar-refractivity contribution < 1.29 is 4.79 Å². The van der Waals surface area contributed by atoms with E-state index in [0.29, 0.717) is 34.8 Å². The van der Waals surface area contributed by atoms with Crippen molar-refractivity contribution in [1.29, 1.82) is 0 Å². The van der Waals surface area contributed by atoms with Crippen molar-refractivity contribution in [3.63, 3.8) is 0 Å². The Hall–Kier alpha value is -2.17. The van der Waals surface area contributed by atoms with Crippen LogP contribution in [0.25, 0.3) is 10.8 Å². The number of hydrogen-bond donors (Lipinski definition) is 1. The minimum absolute atomic E-state index is 0.120. The Labute approximate surface area is 154 Å². The molecule has 3 atom stereocenters. The number of carbonyl (C=O) groups excluding carboxylic acids is 1. The number of nitrogens with zero attached hydrogens (tertiary/aromatic N) is 2. The van der Waals surface area contributed by atoms with Crippen LogP contribution in [0.2, 0.25) is 0 Å². The Balaban J connectivity index is 1.96. The summed E-state index contributed by atoms with van der Waals surface area (Å²) in [7, 11) is 0. The monoisotopic (exact) mass is 355 g/mol. The Bertz CT molecular complexity index is 843. The Morgan fingerprint density at radius 3 is 2.69 bits per heavy atom. The number of benzene rings is 1. The predicted molar refractivity (Wildman–Crippen MR) is 104 cm³/mol. The Kier molecular flexibility index (Phi) is 5.74. The molecule has 1 heterocycles. The normalized spacial score (nSPS) is 23.1. The van der Waals surface area contributed by atoms with E-state index in [1.54, 1.807) is 6.07 Å². The van der Waals surface area contributed by atoms with Gasteiger partial charge in [-0.15, -0.1) is 0 Å². The highest BCUT2D eigenvalue weighted by Gasteiger charge is 2.29. The second kappa shape index (κ2) is 8.02. The molecule has 26 heavy (non-hydrogen) atoms. The summed E-state index contributed by atoms with van der Waals surface area (Å²) in [6.45, 7) is 7.08. The number of fused-ring (bicyclic) bond motifs is 1. The van der Waals surface area contributed by atoms with E-state index in [-0.39, 0.29) is 17.5 Å². The molecule has 1 fully saturated rings. The maximum atomic E-state index is 13.0. The number of rotatable bonds is 5. The maximum absolute atomic E-state index is 13.0. The summed E-state index contributed by atoms with van der Waals surface area (Å²) in [5.74, 6) is 0.889. The standard InChI is InChI=1S/C21H29N3O2/c1-4-5-13-24-21(26)17-11-7-6-10-16(17)19(23-24)20(25)22-18-12-8-9-14(2)15(18)3/h6-7,10-11,14-15,18H,4-5,8-9,12-13H2,1-3H3,(H,22,25). The van der Waals surface area contributed by atoms with Gasteiger partial charge in [0.15, 0.2) is 5.69 Å². The fourth-order valence-corrected chi connectivity index (χ4v) is 3.88. The molecule has 0 saturated heterocycles. The van der Waals surface area contributed by atoms with Gasteiger partial charge in [0, 0.05) is 18.0 Å². The summed E-state index contributed by atoms with van der Waals surface area (Å²) in [5.41, 5.74) is 0.243. The highest BCUT2D eigenvalue weighted by molar-refractivity contribution is 6.04. The van der Waals surface area contributed by atoms with E-state index < -0.39 is 0 Å². The molecule has 3 unspecified atom stereocenters. The number of nitrogens with one attached hydrogen (secondary N) is 1. The molecule has 1 aromatic carbocycles. The number of aryl methyl sites for hydroxylation is 1. The second-order valence-electron chi connectivity index (χ2n) is 7.62. The zero-order valence-electron chi connectivity index (χ0n) is 16.0. The lowest BCUT2D eigenvalue weighted by Crippen LogP contribution is -2.44. The third-order valence-electron chi connectivity index (χ3n) is 5.83. The first-order valence-electron chi connectivity index (χ1n) is 9.83. The molecule has 140 valence electrons. The molecule has 0 aliphatic heterocycles. The van der Waals surface area contributed by atoms with E-state index in [0.717, 1.165) is 25.7 Å². The van der Waals surface area contributed by atoms with E-state index in [1.165, 1.54) is 11.1 Å². The maximum Gasteiger partial charge on any atom is 0.274 e. The summed E-state index contributed by atoms with van der Waals surface area (Å²) < 4.78 is 1.45. The van der Waals surface area contributed by atoms with Gasteiger partial charge in [0.05, 0.1) is 5.39 Å². The minimum Gasteiger partial charge on any atom is -0.348 e. The molecule has 0 spiro atoms.